The first-order valence-electron chi connectivity index (χ1n) is 8.40. The van der Waals surface area contributed by atoms with Crippen molar-refractivity contribution in [3.63, 3.8) is 0 Å². The van der Waals surface area contributed by atoms with Crippen LogP contribution in [0.15, 0.2) is 18.2 Å². The van der Waals surface area contributed by atoms with Gasteiger partial charge >= 0.3 is 0 Å². The van der Waals surface area contributed by atoms with E-state index in [-0.39, 0.29) is 17.9 Å². The number of carbonyl (C=O) groups excluding carboxylic acids is 2. The molecular formula is C18H26N2O4. The molecule has 1 aromatic carbocycles. The Morgan fingerprint density at radius 3 is 2.25 bits per heavy atom. The van der Waals surface area contributed by atoms with Crippen LogP contribution in [0.5, 0.6) is 11.5 Å². The van der Waals surface area contributed by atoms with Gasteiger partial charge in [-0.2, -0.15) is 0 Å². The summed E-state index contributed by atoms with van der Waals surface area (Å²) in [5, 5.41) is 3.04. The third kappa shape index (κ3) is 4.19. The van der Waals surface area contributed by atoms with Gasteiger partial charge in [-0.25, -0.2) is 0 Å². The molecule has 0 saturated carbocycles. The molecule has 0 aromatic heterocycles. The third-order valence-corrected chi connectivity index (χ3v) is 4.27. The number of methoxy groups -OCH3 is 2. The Morgan fingerprint density at radius 1 is 1.17 bits per heavy atom. The van der Waals surface area contributed by atoms with Gasteiger partial charge in [-0.3, -0.25) is 9.59 Å². The van der Waals surface area contributed by atoms with E-state index in [2.05, 4.69) is 5.32 Å². The molecule has 0 radical (unpaired) electrons. The number of benzene rings is 1. The lowest BCUT2D eigenvalue weighted by atomic mass is 10.0. The normalized spacial score (nSPS) is 15.0. The second-order valence-electron chi connectivity index (χ2n) is 5.92. The molecule has 0 bridgehead atoms. The molecule has 2 rings (SSSR count). The van der Waals surface area contributed by atoms with Crippen molar-refractivity contribution in [1.29, 1.82) is 0 Å². The van der Waals surface area contributed by atoms with Gasteiger partial charge in [-0.05, 0) is 31.4 Å². The minimum absolute atomic E-state index is 0.0914. The number of likely N-dealkylation sites (tertiary alicyclic amines) is 1. The van der Waals surface area contributed by atoms with Crippen molar-refractivity contribution in [3.05, 3.63) is 23.8 Å². The highest BCUT2D eigenvalue weighted by atomic mass is 16.5. The summed E-state index contributed by atoms with van der Waals surface area (Å²) in [6.07, 6.45) is 2.92. The minimum Gasteiger partial charge on any atom is -0.496 e. The largest absolute Gasteiger partial charge is 0.496 e. The predicted octanol–water partition coefficient (Wildman–Crippen LogP) is 2.22. The molecule has 24 heavy (non-hydrogen) atoms. The molecule has 1 aliphatic heterocycles. The van der Waals surface area contributed by atoms with Crippen LogP contribution >= 0.6 is 0 Å². The second kappa shape index (κ2) is 8.57. The zero-order valence-corrected chi connectivity index (χ0v) is 14.6. The topological polar surface area (TPSA) is 67.9 Å². The lowest BCUT2D eigenvalue weighted by Crippen LogP contribution is -2.46. The van der Waals surface area contributed by atoms with Gasteiger partial charge in [0, 0.05) is 25.6 Å². The fraction of sp³-hybridized carbons (Fsp3) is 0.556. The highest BCUT2D eigenvalue weighted by molar-refractivity contribution is 5.99. The number of ether oxygens (including phenoxy) is 2. The quantitative estimate of drug-likeness (QED) is 0.866. The van der Waals surface area contributed by atoms with Crippen molar-refractivity contribution in [2.45, 2.75) is 38.6 Å². The van der Waals surface area contributed by atoms with Crippen LogP contribution < -0.4 is 14.8 Å². The standard InChI is InChI=1S/C18H26N2O4/c1-4-6-16(21)19-13-9-11-20(12-10-13)18(22)17-14(23-2)7-5-8-15(17)24-3/h5,7-8,13H,4,6,9-12H2,1-3H3,(H,19,21). The van der Waals surface area contributed by atoms with Crippen LogP contribution in [0.4, 0.5) is 0 Å². The fourth-order valence-corrected chi connectivity index (χ4v) is 2.97. The zero-order chi connectivity index (χ0) is 17.5. The van der Waals surface area contributed by atoms with Crippen LogP contribution in [0, 0.1) is 0 Å². The first-order valence-corrected chi connectivity index (χ1v) is 8.40. The Bertz CT molecular complexity index is 558. The van der Waals surface area contributed by atoms with Crippen LogP contribution in [0.1, 0.15) is 43.0 Å². The highest BCUT2D eigenvalue weighted by Gasteiger charge is 2.28. The second-order valence-corrected chi connectivity index (χ2v) is 5.92. The Hall–Kier alpha value is -2.24. The summed E-state index contributed by atoms with van der Waals surface area (Å²) in [5.74, 6) is 1.02. The summed E-state index contributed by atoms with van der Waals surface area (Å²) in [5.41, 5.74) is 0.455. The molecule has 0 aliphatic carbocycles. The lowest BCUT2D eigenvalue weighted by Gasteiger charge is -2.33. The van der Waals surface area contributed by atoms with Gasteiger partial charge < -0.3 is 19.7 Å². The number of piperidine rings is 1. The van der Waals surface area contributed by atoms with Crippen LogP contribution in [-0.2, 0) is 4.79 Å². The van der Waals surface area contributed by atoms with Gasteiger partial charge in [0.25, 0.3) is 5.91 Å². The van der Waals surface area contributed by atoms with Crippen molar-refractivity contribution in [1.82, 2.24) is 10.2 Å². The van der Waals surface area contributed by atoms with Crippen LogP contribution in [0.3, 0.4) is 0 Å². The Kier molecular flexibility index (Phi) is 6.46. The van der Waals surface area contributed by atoms with Crippen LogP contribution in [0.25, 0.3) is 0 Å². The molecule has 1 heterocycles. The smallest absolute Gasteiger partial charge is 0.261 e. The van der Waals surface area contributed by atoms with E-state index in [9.17, 15) is 9.59 Å². The SMILES string of the molecule is CCCC(=O)NC1CCN(C(=O)c2c(OC)cccc2OC)CC1. The summed E-state index contributed by atoms with van der Waals surface area (Å²) in [7, 11) is 3.09. The Balaban J connectivity index is 2.02. The molecule has 6 nitrogen and oxygen atoms in total. The lowest BCUT2D eigenvalue weighted by molar-refractivity contribution is -0.122. The molecule has 0 unspecified atom stereocenters. The number of nitrogens with zero attached hydrogens (tertiary/aromatic N) is 1. The van der Waals surface area contributed by atoms with Crippen molar-refractivity contribution in [3.8, 4) is 11.5 Å². The molecule has 0 atom stereocenters. The summed E-state index contributed by atoms with van der Waals surface area (Å²) in [6.45, 7) is 3.20. The summed E-state index contributed by atoms with van der Waals surface area (Å²) in [4.78, 5) is 26.4. The molecule has 6 heteroatoms. The number of hydrogen-bond donors (Lipinski definition) is 1. The van der Waals surface area contributed by atoms with E-state index in [1.807, 2.05) is 6.92 Å². The van der Waals surface area contributed by atoms with E-state index < -0.39 is 0 Å². The van der Waals surface area contributed by atoms with Gasteiger partial charge in [-0.15, -0.1) is 0 Å². The molecule has 0 spiro atoms. The first kappa shape index (κ1) is 18.1. The number of nitrogens with one attached hydrogen (secondary N) is 1. The van der Waals surface area contributed by atoms with E-state index >= 15 is 0 Å². The maximum Gasteiger partial charge on any atom is 0.261 e. The van der Waals surface area contributed by atoms with E-state index in [0.29, 0.717) is 36.6 Å². The number of carbonyl (C=O) groups is 2. The number of amides is 2. The van der Waals surface area contributed by atoms with Crippen LogP contribution in [0.2, 0.25) is 0 Å². The average Bonchev–Trinajstić information content (AvgIpc) is 2.61. The van der Waals surface area contributed by atoms with E-state index in [0.717, 1.165) is 19.3 Å². The van der Waals surface area contributed by atoms with Crippen molar-refractivity contribution < 1.29 is 19.1 Å². The zero-order valence-electron chi connectivity index (χ0n) is 14.6. The van der Waals surface area contributed by atoms with Crippen molar-refractivity contribution >= 4 is 11.8 Å². The molecule has 1 fully saturated rings. The van der Waals surface area contributed by atoms with Crippen molar-refractivity contribution in [2.24, 2.45) is 0 Å². The Morgan fingerprint density at radius 2 is 1.75 bits per heavy atom. The third-order valence-electron chi connectivity index (χ3n) is 4.27. The van der Waals surface area contributed by atoms with Crippen LogP contribution in [-0.4, -0.2) is 50.1 Å². The number of hydrogen-bond acceptors (Lipinski definition) is 4. The monoisotopic (exact) mass is 334 g/mol. The first-order chi connectivity index (χ1) is 11.6. The van der Waals surface area contributed by atoms with Gasteiger partial charge in [0.1, 0.15) is 17.1 Å². The number of rotatable bonds is 6. The molecule has 1 aliphatic rings. The Labute approximate surface area is 143 Å². The molecule has 1 N–H and O–H groups in total. The molecule has 132 valence electrons. The van der Waals surface area contributed by atoms with Gasteiger partial charge in [0.15, 0.2) is 0 Å². The van der Waals surface area contributed by atoms with Gasteiger partial charge in [0.2, 0.25) is 5.91 Å². The average molecular weight is 334 g/mol. The maximum absolute atomic E-state index is 12.9. The molecule has 2 amide bonds. The summed E-state index contributed by atoms with van der Waals surface area (Å²) in [6, 6.07) is 5.46. The van der Waals surface area contributed by atoms with Gasteiger partial charge in [0.05, 0.1) is 14.2 Å². The summed E-state index contributed by atoms with van der Waals surface area (Å²) >= 11 is 0. The summed E-state index contributed by atoms with van der Waals surface area (Å²) < 4.78 is 10.6. The fourth-order valence-electron chi connectivity index (χ4n) is 2.97. The van der Waals surface area contributed by atoms with E-state index in [1.165, 1.54) is 0 Å². The maximum atomic E-state index is 12.9. The minimum atomic E-state index is -0.0948. The van der Waals surface area contributed by atoms with E-state index in [4.69, 9.17) is 9.47 Å². The van der Waals surface area contributed by atoms with E-state index in [1.54, 1.807) is 37.3 Å². The van der Waals surface area contributed by atoms with Gasteiger partial charge in [-0.1, -0.05) is 13.0 Å². The molecule has 1 saturated heterocycles. The predicted molar refractivity (Wildman–Crippen MR) is 91.5 cm³/mol. The van der Waals surface area contributed by atoms with Crippen molar-refractivity contribution in [2.75, 3.05) is 27.3 Å². The highest BCUT2D eigenvalue weighted by Crippen LogP contribution is 2.30. The molecule has 1 aromatic rings. The molecular weight excluding hydrogens is 308 g/mol.